The zero-order valence-corrected chi connectivity index (χ0v) is 23.4. The number of H-pyrrole nitrogens is 1. The summed E-state index contributed by atoms with van der Waals surface area (Å²) in [6.07, 6.45) is 4.21. The van der Waals surface area contributed by atoms with E-state index in [0.29, 0.717) is 18.5 Å². The summed E-state index contributed by atoms with van der Waals surface area (Å²) < 4.78 is 0. The van der Waals surface area contributed by atoms with Crippen LogP contribution in [0, 0.1) is 5.92 Å². The van der Waals surface area contributed by atoms with E-state index in [9.17, 15) is 24.3 Å². The number of carbonyl (C=O) groups excluding carboxylic acids is 3. The van der Waals surface area contributed by atoms with E-state index in [1.165, 1.54) is 12.5 Å². The van der Waals surface area contributed by atoms with Gasteiger partial charge in [-0.2, -0.15) is 0 Å². The van der Waals surface area contributed by atoms with Crippen LogP contribution in [0.15, 0.2) is 47.8 Å². The second kappa shape index (κ2) is 16.6. The summed E-state index contributed by atoms with van der Waals surface area (Å²) in [5.74, 6) is -3.51. The van der Waals surface area contributed by atoms with Crippen LogP contribution in [0.5, 0.6) is 0 Å². The molecule has 224 valence electrons. The Kier molecular flexibility index (Phi) is 13.3. The number of benzene rings is 1. The topological polar surface area (TPSA) is 244 Å². The summed E-state index contributed by atoms with van der Waals surface area (Å²) in [6.45, 7) is 3.81. The number of amides is 3. The summed E-state index contributed by atoms with van der Waals surface area (Å²) in [5, 5.41) is 17.5. The lowest BCUT2D eigenvalue weighted by atomic mass is 9.96. The standard InChI is InChI=1S/C27H41N9O5/c1-3-16(2)22(25(39)34-20(26(40)41)10-7-11-32-27(29)30)36-24(38)21(13-18-14-31-15-33-18)35-23(37)19(28)12-17-8-5-4-6-9-17/h4-6,8-9,14-16,19-22H,3,7,10-13,28H2,1-2H3,(H,31,33)(H,34,39)(H,35,37)(H,36,38)(H,40,41)(H4,29,30,32). The highest BCUT2D eigenvalue weighted by atomic mass is 16.4. The third-order valence-corrected chi connectivity index (χ3v) is 6.60. The fraction of sp³-hybridized carbons (Fsp3) is 0.481. The lowest BCUT2D eigenvalue weighted by Gasteiger charge is -2.28. The molecule has 0 bridgehead atoms. The predicted molar refractivity (Wildman–Crippen MR) is 153 cm³/mol. The maximum atomic E-state index is 13.5. The molecule has 1 aromatic carbocycles. The molecule has 1 heterocycles. The number of nitrogens with one attached hydrogen (secondary N) is 4. The van der Waals surface area contributed by atoms with Crippen molar-refractivity contribution in [3.8, 4) is 0 Å². The van der Waals surface area contributed by atoms with Gasteiger partial charge in [-0.05, 0) is 30.7 Å². The van der Waals surface area contributed by atoms with E-state index >= 15 is 0 Å². The molecule has 0 aliphatic rings. The quantitative estimate of drug-likeness (QED) is 0.0669. The molecule has 14 heteroatoms. The number of rotatable bonds is 17. The van der Waals surface area contributed by atoms with Gasteiger partial charge in [0.05, 0.1) is 12.4 Å². The van der Waals surface area contributed by atoms with E-state index in [4.69, 9.17) is 17.2 Å². The van der Waals surface area contributed by atoms with Gasteiger partial charge in [0.1, 0.15) is 18.1 Å². The number of carboxylic acids is 1. The van der Waals surface area contributed by atoms with Crippen molar-refractivity contribution in [2.45, 2.75) is 70.1 Å². The first-order valence-electron chi connectivity index (χ1n) is 13.5. The third kappa shape index (κ3) is 11.3. The fourth-order valence-corrected chi connectivity index (χ4v) is 4.04. The van der Waals surface area contributed by atoms with Crippen molar-refractivity contribution in [2.75, 3.05) is 6.54 Å². The van der Waals surface area contributed by atoms with Crippen LogP contribution in [-0.4, -0.2) is 75.4 Å². The number of aliphatic imine (C=N–C) groups is 1. The molecule has 0 radical (unpaired) electrons. The summed E-state index contributed by atoms with van der Waals surface area (Å²) in [6, 6.07) is 4.96. The zero-order chi connectivity index (χ0) is 30.4. The molecular formula is C27H41N9O5. The fourth-order valence-electron chi connectivity index (χ4n) is 4.04. The van der Waals surface area contributed by atoms with Crippen LogP contribution in [0.3, 0.4) is 0 Å². The van der Waals surface area contributed by atoms with Gasteiger partial charge in [0.25, 0.3) is 0 Å². The van der Waals surface area contributed by atoms with Gasteiger partial charge < -0.3 is 43.2 Å². The first kappa shape index (κ1) is 32.8. The van der Waals surface area contributed by atoms with Gasteiger partial charge >= 0.3 is 5.97 Å². The normalized spacial score (nSPS) is 14.5. The van der Waals surface area contributed by atoms with Gasteiger partial charge in [-0.15, -0.1) is 0 Å². The third-order valence-electron chi connectivity index (χ3n) is 6.60. The molecule has 3 amide bonds. The van der Waals surface area contributed by atoms with Gasteiger partial charge in [0.15, 0.2) is 5.96 Å². The Morgan fingerprint density at radius 3 is 2.27 bits per heavy atom. The molecule has 2 aromatic rings. The molecule has 0 fully saturated rings. The van der Waals surface area contributed by atoms with E-state index in [1.807, 2.05) is 37.3 Å². The highest BCUT2D eigenvalue weighted by Gasteiger charge is 2.33. The van der Waals surface area contributed by atoms with Gasteiger partial charge in [0, 0.05) is 24.9 Å². The lowest BCUT2D eigenvalue weighted by molar-refractivity contribution is -0.142. The number of hydrogen-bond acceptors (Lipinski definition) is 7. The summed E-state index contributed by atoms with van der Waals surface area (Å²) in [5.41, 5.74) is 18.2. The molecular weight excluding hydrogens is 530 g/mol. The Balaban J connectivity index is 2.15. The number of guanidine groups is 1. The van der Waals surface area contributed by atoms with E-state index in [0.717, 1.165) is 5.56 Å². The van der Waals surface area contributed by atoms with Crippen LogP contribution in [0.2, 0.25) is 0 Å². The van der Waals surface area contributed by atoms with E-state index in [2.05, 4.69) is 30.9 Å². The molecule has 5 unspecified atom stereocenters. The number of carbonyl (C=O) groups is 4. The zero-order valence-electron chi connectivity index (χ0n) is 23.4. The number of carboxylic acid groups (broad SMARTS) is 1. The van der Waals surface area contributed by atoms with Crippen molar-refractivity contribution in [1.82, 2.24) is 25.9 Å². The van der Waals surface area contributed by atoms with Gasteiger partial charge in [-0.3, -0.25) is 19.4 Å². The number of nitrogens with two attached hydrogens (primary N) is 3. The first-order chi connectivity index (χ1) is 19.5. The van der Waals surface area contributed by atoms with Crippen molar-refractivity contribution in [2.24, 2.45) is 28.1 Å². The number of imidazole rings is 1. The van der Waals surface area contributed by atoms with Crippen LogP contribution in [0.25, 0.3) is 0 Å². The number of hydrogen-bond donors (Lipinski definition) is 8. The van der Waals surface area contributed by atoms with Crippen molar-refractivity contribution >= 4 is 29.7 Å². The van der Waals surface area contributed by atoms with Gasteiger partial charge in [0.2, 0.25) is 17.7 Å². The molecule has 14 nitrogen and oxygen atoms in total. The molecule has 5 atom stereocenters. The van der Waals surface area contributed by atoms with Crippen molar-refractivity contribution in [1.29, 1.82) is 0 Å². The van der Waals surface area contributed by atoms with Crippen molar-refractivity contribution < 1.29 is 24.3 Å². The minimum Gasteiger partial charge on any atom is -0.480 e. The highest BCUT2D eigenvalue weighted by Crippen LogP contribution is 2.11. The van der Waals surface area contributed by atoms with Crippen molar-refractivity contribution in [3.05, 3.63) is 54.1 Å². The largest absolute Gasteiger partial charge is 0.480 e. The molecule has 1 aromatic heterocycles. The Morgan fingerprint density at radius 1 is 1.00 bits per heavy atom. The minimum atomic E-state index is -1.23. The molecule has 2 rings (SSSR count). The molecule has 0 saturated heterocycles. The lowest BCUT2D eigenvalue weighted by Crippen LogP contribution is -2.59. The molecule has 0 spiro atoms. The smallest absolute Gasteiger partial charge is 0.326 e. The number of aromatic nitrogens is 2. The number of nitrogens with zero attached hydrogens (tertiary/aromatic N) is 2. The van der Waals surface area contributed by atoms with Crippen LogP contribution >= 0.6 is 0 Å². The number of aliphatic carboxylic acids is 1. The Morgan fingerprint density at radius 2 is 1.68 bits per heavy atom. The average Bonchev–Trinajstić information content (AvgIpc) is 3.45. The Labute approximate surface area is 238 Å². The maximum Gasteiger partial charge on any atom is 0.326 e. The molecule has 0 aliphatic heterocycles. The monoisotopic (exact) mass is 571 g/mol. The summed E-state index contributed by atoms with van der Waals surface area (Å²) in [7, 11) is 0. The first-order valence-corrected chi connectivity index (χ1v) is 13.5. The molecule has 0 aliphatic carbocycles. The summed E-state index contributed by atoms with van der Waals surface area (Å²) in [4.78, 5) is 62.2. The predicted octanol–water partition coefficient (Wildman–Crippen LogP) is -0.839. The van der Waals surface area contributed by atoms with E-state index < -0.39 is 47.9 Å². The van der Waals surface area contributed by atoms with Crippen LogP contribution in [0.4, 0.5) is 0 Å². The highest BCUT2D eigenvalue weighted by molar-refractivity contribution is 5.94. The Bertz CT molecular complexity index is 1150. The average molecular weight is 572 g/mol. The second-order valence-corrected chi connectivity index (χ2v) is 9.86. The van der Waals surface area contributed by atoms with Crippen LogP contribution < -0.4 is 33.2 Å². The van der Waals surface area contributed by atoms with Gasteiger partial charge in [-0.25, -0.2) is 9.78 Å². The second-order valence-electron chi connectivity index (χ2n) is 9.86. The maximum absolute atomic E-state index is 13.5. The minimum absolute atomic E-state index is 0.0625. The molecule has 11 N–H and O–H groups in total. The SMILES string of the molecule is CCC(C)C(NC(=O)C(Cc1cnc[nH]1)NC(=O)C(N)Cc1ccccc1)C(=O)NC(CCCN=C(N)N)C(=O)O. The van der Waals surface area contributed by atoms with Crippen LogP contribution in [-0.2, 0) is 32.0 Å². The summed E-state index contributed by atoms with van der Waals surface area (Å²) >= 11 is 0. The van der Waals surface area contributed by atoms with Crippen molar-refractivity contribution in [3.63, 3.8) is 0 Å². The molecule has 41 heavy (non-hydrogen) atoms. The van der Waals surface area contributed by atoms with Crippen LogP contribution in [0.1, 0.15) is 44.4 Å². The molecule has 0 saturated carbocycles. The van der Waals surface area contributed by atoms with Gasteiger partial charge in [-0.1, -0.05) is 50.6 Å². The van der Waals surface area contributed by atoms with E-state index in [1.54, 1.807) is 6.92 Å². The van der Waals surface area contributed by atoms with E-state index in [-0.39, 0.29) is 37.7 Å². The Hall–Kier alpha value is -4.46. The number of aromatic amines is 1.